The second-order valence-corrected chi connectivity index (χ2v) is 7.68. The third-order valence-corrected chi connectivity index (χ3v) is 4.98. The molecule has 2 aromatic carbocycles. The number of hydrogen-bond donors (Lipinski definition) is 2. The Bertz CT molecular complexity index is 1230. The van der Waals surface area contributed by atoms with Crippen molar-refractivity contribution in [3.05, 3.63) is 83.3 Å². The highest BCUT2D eigenvalue weighted by atomic mass is 79.9. The van der Waals surface area contributed by atoms with E-state index in [0.29, 0.717) is 39.8 Å². The summed E-state index contributed by atoms with van der Waals surface area (Å²) in [6, 6.07) is 10.8. The van der Waals surface area contributed by atoms with Gasteiger partial charge in [-0.3, -0.25) is 14.9 Å². The van der Waals surface area contributed by atoms with Gasteiger partial charge in [0, 0.05) is 5.02 Å². The summed E-state index contributed by atoms with van der Waals surface area (Å²) in [7, 11) is 0. The van der Waals surface area contributed by atoms with Crippen molar-refractivity contribution in [2.45, 2.75) is 13.5 Å². The molecule has 1 heterocycles. The molecule has 3 aromatic rings. The monoisotopic (exact) mass is 521 g/mol. The molecule has 0 aliphatic carbocycles. The van der Waals surface area contributed by atoms with Gasteiger partial charge in [0.1, 0.15) is 12.4 Å². The van der Waals surface area contributed by atoms with Crippen LogP contribution in [0, 0.1) is 10.1 Å². The number of hydrogen-bond acceptors (Lipinski definition) is 7. The number of aromatic amines is 1. The number of rotatable bonds is 8. The van der Waals surface area contributed by atoms with Crippen LogP contribution in [-0.2, 0) is 6.61 Å². The third-order valence-electron chi connectivity index (χ3n) is 4.14. The summed E-state index contributed by atoms with van der Waals surface area (Å²) in [6.45, 7) is 2.55. The standard InChI is InChI=1S/C21H17BrClN3O6/c1-2-31-16-10-13(5-8-17-24-20(27)18(26(29)30)21(28)25-17)9-15(22)19(16)32-11-12-3-6-14(23)7-4-12/h3-10H,2,11H2,1H3,(H2,24,25,27,28)/b8-5-. The van der Waals surface area contributed by atoms with Gasteiger partial charge in [-0.1, -0.05) is 29.8 Å². The van der Waals surface area contributed by atoms with Crippen LogP contribution < -0.4 is 15.0 Å². The zero-order valence-corrected chi connectivity index (χ0v) is 19.0. The van der Waals surface area contributed by atoms with Gasteiger partial charge in [0.25, 0.3) is 5.88 Å². The second kappa shape index (κ2) is 10.3. The van der Waals surface area contributed by atoms with E-state index < -0.39 is 22.0 Å². The Hall–Kier alpha value is -3.37. The molecule has 0 amide bonds. The molecule has 11 heteroatoms. The SMILES string of the molecule is CCOc1cc(/C=C\c2nc(O)c([N+](=O)[O-])c(=O)[nH]2)cc(Br)c1OCc1ccc(Cl)cc1. The van der Waals surface area contributed by atoms with Crippen molar-refractivity contribution in [3.8, 4) is 17.4 Å². The van der Waals surface area contributed by atoms with Gasteiger partial charge in [-0.2, -0.15) is 4.98 Å². The first-order valence-corrected chi connectivity index (χ1v) is 10.4. The van der Waals surface area contributed by atoms with E-state index in [1.54, 1.807) is 30.3 Å². The van der Waals surface area contributed by atoms with Crippen LogP contribution in [0.15, 0.2) is 45.7 Å². The number of nitro groups is 1. The van der Waals surface area contributed by atoms with Crippen molar-refractivity contribution in [3.63, 3.8) is 0 Å². The van der Waals surface area contributed by atoms with Gasteiger partial charge in [0.15, 0.2) is 11.5 Å². The lowest BCUT2D eigenvalue weighted by Gasteiger charge is -2.15. The largest absolute Gasteiger partial charge is 0.490 e. The van der Waals surface area contributed by atoms with Gasteiger partial charge < -0.3 is 19.6 Å². The van der Waals surface area contributed by atoms with Crippen molar-refractivity contribution >= 4 is 45.4 Å². The van der Waals surface area contributed by atoms with E-state index in [-0.39, 0.29) is 5.82 Å². The first kappa shape index (κ1) is 23.3. The number of ether oxygens (including phenoxy) is 2. The first-order chi connectivity index (χ1) is 15.3. The lowest BCUT2D eigenvalue weighted by Crippen LogP contribution is -2.14. The molecule has 0 saturated heterocycles. The van der Waals surface area contributed by atoms with Crippen LogP contribution in [0.25, 0.3) is 12.2 Å². The van der Waals surface area contributed by atoms with Crippen LogP contribution in [0.1, 0.15) is 23.9 Å². The third kappa shape index (κ3) is 5.65. The summed E-state index contributed by atoms with van der Waals surface area (Å²) in [6.07, 6.45) is 3.00. The molecule has 0 unspecified atom stereocenters. The number of aromatic nitrogens is 2. The summed E-state index contributed by atoms with van der Waals surface area (Å²) >= 11 is 9.39. The molecule has 3 rings (SSSR count). The fraction of sp³-hybridized carbons (Fsp3) is 0.143. The molecule has 9 nitrogen and oxygen atoms in total. The van der Waals surface area contributed by atoms with Gasteiger partial charge in [0.2, 0.25) is 0 Å². The predicted octanol–water partition coefficient (Wildman–Crippen LogP) is 4.95. The van der Waals surface area contributed by atoms with Crippen LogP contribution in [-0.4, -0.2) is 26.6 Å². The van der Waals surface area contributed by atoms with Crippen LogP contribution in [0.3, 0.4) is 0 Å². The number of halogens is 2. The second-order valence-electron chi connectivity index (χ2n) is 6.39. The van der Waals surface area contributed by atoms with E-state index >= 15 is 0 Å². The van der Waals surface area contributed by atoms with Crippen molar-refractivity contribution in [1.29, 1.82) is 0 Å². The van der Waals surface area contributed by atoms with E-state index in [1.165, 1.54) is 6.08 Å². The smallest absolute Gasteiger partial charge is 0.395 e. The quantitative estimate of drug-likeness (QED) is 0.316. The Morgan fingerprint density at radius 1 is 1.25 bits per heavy atom. The van der Waals surface area contributed by atoms with Crippen molar-refractivity contribution in [2.24, 2.45) is 0 Å². The maximum absolute atomic E-state index is 11.8. The molecule has 0 aliphatic rings. The molecule has 0 aliphatic heterocycles. The van der Waals surface area contributed by atoms with Crippen LogP contribution in [0.2, 0.25) is 5.02 Å². The zero-order valence-electron chi connectivity index (χ0n) is 16.7. The van der Waals surface area contributed by atoms with Crippen molar-refractivity contribution in [2.75, 3.05) is 6.61 Å². The van der Waals surface area contributed by atoms with Gasteiger partial charge in [-0.25, -0.2) is 0 Å². The lowest BCUT2D eigenvalue weighted by molar-refractivity contribution is -0.387. The minimum atomic E-state index is -1.05. The Balaban J connectivity index is 1.86. The highest BCUT2D eigenvalue weighted by molar-refractivity contribution is 9.10. The average Bonchev–Trinajstić information content (AvgIpc) is 2.72. The first-order valence-electron chi connectivity index (χ1n) is 9.27. The maximum atomic E-state index is 11.8. The van der Waals surface area contributed by atoms with Gasteiger partial charge in [-0.15, -0.1) is 0 Å². The Morgan fingerprint density at radius 2 is 1.97 bits per heavy atom. The molecule has 0 atom stereocenters. The fourth-order valence-corrected chi connectivity index (χ4v) is 3.41. The molecule has 0 bridgehead atoms. The van der Waals surface area contributed by atoms with E-state index in [9.17, 15) is 20.0 Å². The Kier molecular flexibility index (Phi) is 7.49. The number of H-pyrrole nitrogens is 1. The van der Waals surface area contributed by atoms with Gasteiger partial charge in [0.05, 0.1) is 16.0 Å². The zero-order chi connectivity index (χ0) is 23.3. The Labute approximate surface area is 195 Å². The minimum Gasteiger partial charge on any atom is -0.490 e. The fourth-order valence-electron chi connectivity index (χ4n) is 2.71. The summed E-state index contributed by atoms with van der Waals surface area (Å²) in [5, 5.41) is 21.1. The molecule has 0 fully saturated rings. The summed E-state index contributed by atoms with van der Waals surface area (Å²) in [5.41, 5.74) is -0.463. The molecular weight excluding hydrogens is 506 g/mol. The number of nitrogens with zero attached hydrogens (tertiary/aromatic N) is 2. The van der Waals surface area contributed by atoms with E-state index in [2.05, 4.69) is 25.9 Å². The van der Waals surface area contributed by atoms with Crippen LogP contribution in [0.4, 0.5) is 5.69 Å². The predicted molar refractivity (Wildman–Crippen MR) is 123 cm³/mol. The molecule has 1 aromatic heterocycles. The molecule has 0 radical (unpaired) electrons. The van der Waals surface area contributed by atoms with E-state index in [1.807, 2.05) is 19.1 Å². The Morgan fingerprint density at radius 3 is 2.59 bits per heavy atom. The highest BCUT2D eigenvalue weighted by Gasteiger charge is 2.21. The van der Waals surface area contributed by atoms with E-state index in [4.69, 9.17) is 21.1 Å². The lowest BCUT2D eigenvalue weighted by atomic mass is 10.2. The van der Waals surface area contributed by atoms with Gasteiger partial charge in [-0.05, 0) is 64.3 Å². The van der Waals surface area contributed by atoms with Crippen LogP contribution in [0.5, 0.6) is 17.4 Å². The number of aromatic hydroxyl groups is 1. The molecule has 166 valence electrons. The topological polar surface area (TPSA) is 128 Å². The van der Waals surface area contributed by atoms with E-state index in [0.717, 1.165) is 5.56 Å². The number of benzene rings is 2. The van der Waals surface area contributed by atoms with Crippen LogP contribution >= 0.6 is 27.5 Å². The average molecular weight is 523 g/mol. The summed E-state index contributed by atoms with van der Waals surface area (Å²) in [5.74, 6) is -0.00210. The summed E-state index contributed by atoms with van der Waals surface area (Å²) in [4.78, 5) is 27.4. The van der Waals surface area contributed by atoms with Crippen molar-refractivity contribution < 1.29 is 19.5 Å². The minimum absolute atomic E-state index is 0.0461. The maximum Gasteiger partial charge on any atom is 0.395 e. The summed E-state index contributed by atoms with van der Waals surface area (Å²) < 4.78 is 12.3. The van der Waals surface area contributed by atoms with Gasteiger partial charge >= 0.3 is 11.2 Å². The highest BCUT2D eigenvalue weighted by Crippen LogP contribution is 2.38. The molecule has 0 saturated carbocycles. The molecule has 0 spiro atoms. The normalized spacial score (nSPS) is 11.0. The molecular formula is C21H17BrClN3O6. The van der Waals surface area contributed by atoms with Crippen molar-refractivity contribution in [1.82, 2.24) is 9.97 Å². The molecule has 2 N–H and O–H groups in total. The molecule has 32 heavy (non-hydrogen) atoms. The number of nitrogens with one attached hydrogen (secondary N) is 1.